The van der Waals surface area contributed by atoms with Gasteiger partial charge in [-0.3, -0.25) is 4.79 Å². The van der Waals surface area contributed by atoms with E-state index in [0.717, 1.165) is 5.56 Å². The van der Waals surface area contributed by atoms with Gasteiger partial charge in [0, 0.05) is 28.1 Å². The van der Waals surface area contributed by atoms with E-state index in [1.54, 1.807) is 56.3 Å². The van der Waals surface area contributed by atoms with Crippen LogP contribution in [-0.2, 0) is 12.0 Å². The number of hydrogen-bond donors (Lipinski definition) is 5. The molecule has 0 saturated carbocycles. The number of aromatic hydroxyl groups is 1. The van der Waals surface area contributed by atoms with Gasteiger partial charge in [-0.1, -0.05) is 45.0 Å². The molecule has 3 aromatic carbocycles. The molecular formula is C29H32N6O3. The van der Waals surface area contributed by atoms with Crippen LogP contribution >= 0.6 is 0 Å². The van der Waals surface area contributed by atoms with E-state index in [2.05, 4.69) is 46.4 Å². The fourth-order valence-corrected chi connectivity index (χ4v) is 4.13. The van der Waals surface area contributed by atoms with Crippen molar-refractivity contribution in [3.63, 3.8) is 0 Å². The lowest BCUT2D eigenvalue weighted by Crippen LogP contribution is -2.15. The first kappa shape index (κ1) is 26.6. The number of nitrogens with two attached hydrogens (primary N) is 1. The van der Waals surface area contributed by atoms with Crippen molar-refractivity contribution in [3.05, 3.63) is 82.4 Å². The lowest BCUT2D eigenvalue weighted by Gasteiger charge is -2.19. The number of nitrogen functional groups attached to an aromatic ring is 1. The number of phenols is 1. The summed E-state index contributed by atoms with van der Waals surface area (Å²) in [6.45, 7) is 9.58. The summed E-state index contributed by atoms with van der Waals surface area (Å²) in [5.41, 5.74) is 11.1. The van der Waals surface area contributed by atoms with Crippen LogP contribution in [0.25, 0.3) is 11.4 Å². The number of carbonyl (C=O) groups is 1. The summed E-state index contributed by atoms with van der Waals surface area (Å²) >= 11 is 0. The zero-order valence-electron chi connectivity index (χ0n) is 22.1. The number of aromatic nitrogens is 3. The maximum atomic E-state index is 13.0. The van der Waals surface area contributed by atoms with Crippen molar-refractivity contribution in [1.29, 1.82) is 0 Å². The summed E-state index contributed by atoms with van der Waals surface area (Å²) in [6, 6.07) is 16.2. The molecular weight excluding hydrogens is 480 g/mol. The molecule has 9 nitrogen and oxygen atoms in total. The Bertz CT molecular complexity index is 1470. The van der Waals surface area contributed by atoms with E-state index in [0.29, 0.717) is 39.2 Å². The first-order chi connectivity index (χ1) is 18.0. The molecule has 0 unspecified atom stereocenters. The van der Waals surface area contributed by atoms with Crippen molar-refractivity contribution < 1.29 is 15.0 Å². The van der Waals surface area contributed by atoms with Crippen LogP contribution in [0.2, 0.25) is 0 Å². The molecule has 0 radical (unpaired) electrons. The Morgan fingerprint density at radius 2 is 1.63 bits per heavy atom. The van der Waals surface area contributed by atoms with Crippen LogP contribution in [0.3, 0.4) is 0 Å². The summed E-state index contributed by atoms with van der Waals surface area (Å²) in [6.07, 6.45) is 0. The Morgan fingerprint density at radius 1 is 0.974 bits per heavy atom. The van der Waals surface area contributed by atoms with Crippen LogP contribution < -0.4 is 16.4 Å². The van der Waals surface area contributed by atoms with Gasteiger partial charge in [0.05, 0.1) is 6.61 Å². The number of aliphatic hydroxyl groups is 1. The summed E-state index contributed by atoms with van der Waals surface area (Å²) in [5, 5.41) is 26.3. The van der Waals surface area contributed by atoms with Crippen molar-refractivity contribution in [2.75, 3.05) is 16.4 Å². The Hall–Kier alpha value is -4.50. The number of aliphatic hydroxyl groups excluding tert-OH is 1. The Kier molecular flexibility index (Phi) is 7.32. The standard InChI is InChI=1S/C29H32N6O3/c1-16-13-20(14-17(2)24(16)37)31-28-34-25(33-27(30)35-28)21-7-6-8-23(22(21)15-36)32-26(38)18-9-11-19(12-10-18)29(3,4)5/h6-14,36-37H,15H2,1-5H3,(H,32,38)(H3,30,31,33,34,35). The van der Waals surface area contributed by atoms with Gasteiger partial charge in [0.2, 0.25) is 11.9 Å². The highest BCUT2D eigenvalue weighted by Gasteiger charge is 2.18. The quantitative estimate of drug-likeness (QED) is 0.221. The number of aryl methyl sites for hydroxylation is 2. The number of hydrogen-bond acceptors (Lipinski definition) is 8. The van der Waals surface area contributed by atoms with E-state index < -0.39 is 0 Å². The minimum absolute atomic E-state index is 0.0120. The largest absolute Gasteiger partial charge is 0.507 e. The predicted molar refractivity (Wildman–Crippen MR) is 150 cm³/mol. The average molecular weight is 513 g/mol. The monoisotopic (exact) mass is 512 g/mol. The van der Waals surface area contributed by atoms with Crippen LogP contribution in [0.5, 0.6) is 5.75 Å². The zero-order chi connectivity index (χ0) is 27.6. The summed E-state index contributed by atoms with van der Waals surface area (Å²) in [4.78, 5) is 25.9. The number of carbonyl (C=O) groups excluding carboxylic acids is 1. The minimum Gasteiger partial charge on any atom is -0.507 e. The first-order valence-electron chi connectivity index (χ1n) is 12.2. The minimum atomic E-state index is -0.362. The van der Waals surface area contributed by atoms with Crippen LogP contribution in [0, 0.1) is 13.8 Å². The topological polar surface area (TPSA) is 146 Å². The number of amides is 1. The zero-order valence-corrected chi connectivity index (χ0v) is 22.1. The molecule has 0 atom stereocenters. The van der Waals surface area contributed by atoms with Gasteiger partial charge in [-0.15, -0.1) is 0 Å². The molecule has 38 heavy (non-hydrogen) atoms. The third-order valence-corrected chi connectivity index (χ3v) is 6.24. The molecule has 4 aromatic rings. The van der Waals surface area contributed by atoms with Crippen molar-refractivity contribution in [1.82, 2.24) is 15.0 Å². The second-order valence-corrected chi connectivity index (χ2v) is 10.2. The van der Waals surface area contributed by atoms with Crippen molar-refractivity contribution >= 4 is 29.2 Å². The molecule has 0 aliphatic rings. The van der Waals surface area contributed by atoms with Crippen LogP contribution in [0.4, 0.5) is 23.3 Å². The Morgan fingerprint density at radius 3 is 2.24 bits per heavy atom. The number of nitrogens with one attached hydrogen (secondary N) is 2. The highest BCUT2D eigenvalue weighted by atomic mass is 16.3. The number of benzene rings is 3. The molecule has 9 heteroatoms. The van der Waals surface area contributed by atoms with E-state index >= 15 is 0 Å². The summed E-state index contributed by atoms with van der Waals surface area (Å²) in [5.74, 6) is 0.356. The molecule has 4 rings (SSSR count). The van der Waals surface area contributed by atoms with Gasteiger partial charge in [-0.2, -0.15) is 15.0 Å². The third-order valence-electron chi connectivity index (χ3n) is 6.24. The molecule has 0 saturated heterocycles. The van der Waals surface area contributed by atoms with Gasteiger partial charge < -0.3 is 26.6 Å². The maximum absolute atomic E-state index is 13.0. The highest BCUT2D eigenvalue weighted by Crippen LogP contribution is 2.31. The maximum Gasteiger partial charge on any atom is 0.255 e. The SMILES string of the molecule is Cc1cc(Nc2nc(N)nc(-c3cccc(NC(=O)c4ccc(C(C)(C)C)cc4)c3CO)n2)cc(C)c1O. The number of nitrogens with zero attached hydrogens (tertiary/aromatic N) is 3. The van der Waals surface area contributed by atoms with Crippen LogP contribution in [0.1, 0.15) is 53.4 Å². The first-order valence-corrected chi connectivity index (χ1v) is 12.2. The molecule has 0 aliphatic heterocycles. The van der Waals surface area contributed by atoms with E-state index in [9.17, 15) is 15.0 Å². The predicted octanol–water partition coefficient (Wildman–Crippen LogP) is 5.23. The molecule has 1 amide bonds. The molecule has 0 spiro atoms. The summed E-state index contributed by atoms with van der Waals surface area (Å²) < 4.78 is 0. The number of rotatable bonds is 6. The molecule has 6 N–H and O–H groups in total. The fraction of sp³-hybridized carbons (Fsp3) is 0.241. The second kappa shape index (κ2) is 10.5. The Labute approximate surface area is 221 Å². The molecule has 0 bridgehead atoms. The lowest BCUT2D eigenvalue weighted by atomic mass is 9.86. The smallest absolute Gasteiger partial charge is 0.255 e. The normalized spacial score (nSPS) is 11.3. The van der Waals surface area contributed by atoms with E-state index in [1.807, 2.05) is 12.1 Å². The summed E-state index contributed by atoms with van der Waals surface area (Å²) in [7, 11) is 0. The van der Waals surface area contributed by atoms with Gasteiger partial charge in [0.15, 0.2) is 5.82 Å². The van der Waals surface area contributed by atoms with E-state index in [-0.39, 0.29) is 41.4 Å². The van der Waals surface area contributed by atoms with Gasteiger partial charge in [0.25, 0.3) is 5.91 Å². The molecule has 196 valence electrons. The van der Waals surface area contributed by atoms with E-state index in [1.165, 1.54) is 0 Å². The Balaban J connectivity index is 1.64. The number of anilines is 4. The second-order valence-electron chi connectivity index (χ2n) is 10.2. The van der Waals surface area contributed by atoms with Gasteiger partial charge in [-0.05, 0) is 66.3 Å². The van der Waals surface area contributed by atoms with Gasteiger partial charge in [0.1, 0.15) is 5.75 Å². The molecule has 0 fully saturated rings. The average Bonchev–Trinajstić information content (AvgIpc) is 2.86. The van der Waals surface area contributed by atoms with Crippen molar-refractivity contribution in [3.8, 4) is 17.1 Å². The van der Waals surface area contributed by atoms with Crippen molar-refractivity contribution in [2.45, 2.75) is 46.6 Å². The fourth-order valence-electron chi connectivity index (χ4n) is 4.13. The van der Waals surface area contributed by atoms with Gasteiger partial charge >= 0.3 is 0 Å². The number of phenolic OH excluding ortho intramolecular Hbond substituents is 1. The molecule has 1 aromatic heterocycles. The van der Waals surface area contributed by atoms with Crippen LogP contribution in [-0.4, -0.2) is 31.1 Å². The molecule has 1 heterocycles. The van der Waals surface area contributed by atoms with Crippen molar-refractivity contribution in [2.24, 2.45) is 0 Å². The van der Waals surface area contributed by atoms with Crippen LogP contribution in [0.15, 0.2) is 54.6 Å². The van der Waals surface area contributed by atoms with Gasteiger partial charge in [-0.25, -0.2) is 0 Å². The highest BCUT2D eigenvalue weighted by molar-refractivity contribution is 6.05. The molecule has 0 aliphatic carbocycles. The van der Waals surface area contributed by atoms with E-state index in [4.69, 9.17) is 5.73 Å². The third kappa shape index (κ3) is 5.73. The lowest BCUT2D eigenvalue weighted by molar-refractivity contribution is 0.102.